The van der Waals surface area contributed by atoms with Crippen LogP contribution >= 0.6 is 0 Å². The maximum atomic E-state index is 12.8. The molecule has 7 heteroatoms. The zero-order valence-corrected chi connectivity index (χ0v) is 32.3. The normalized spacial score (nSPS) is 11.5. The quantitative estimate of drug-likeness (QED) is 0.0542. The van der Waals surface area contributed by atoms with Crippen molar-refractivity contribution in [2.24, 2.45) is 0 Å². The monoisotopic (exact) mass is 674 g/mol. The number of esters is 1. The van der Waals surface area contributed by atoms with E-state index in [2.05, 4.69) is 46.3 Å². The van der Waals surface area contributed by atoms with E-state index in [-0.39, 0.29) is 12.1 Å². The van der Waals surface area contributed by atoms with Crippen molar-refractivity contribution in [3.63, 3.8) is 0 Å². The smallest absolute Gasteiger partial charge is 0.306 e. The molecule has 0 aromatic carbocycles. The molecule has 7 nitrogen and oxygen atoms in total. The summed E-state index contributed by atoms with van der Waals surface area (Å²) in [6.07, 6.45) is 36.7. The Labute approximate surface area is 298 Å². The molecule has 0 unspecified atom stereocenters. The summed E-state index contributed by atoms with van der Waals surface area (Å²) in [4.78, 5) is 23.9. The van der Waals surface area contributed by atoms with Crippen LogP contribution in [-0.4, -0.2) is 60.2 Å². The van der Waals surface area contributed by atoms with Crippen molar-refractivity contribution in [2.75, 3.05) is 43.9 Å². The largest absolute Gasteiger partial charge is 0.462 e. The van der Waals surface area contributed by atoms with Crippen molar-refractivity contribution in [2.45, 2.75) is 200 Å². The van der Waals surface area contributed by atoms with Gasteiger partial charge in [-0.2, -0.15) is 0 Å². The number of aromatic nitrogens is 2. The molecule has 0 aliphatic rings. The van der Waals surface area contributed by atoms with E-state index in [0.29, 0.717) is 6.42 Å². The zero-order chi connectivity index (χ0) is 34.8. The summed E-state index contributed by atoms with van der Waals surface area (Å²) in [7, 11) is 1.90. The van der Waals surface area contributed by atoms with Gasteiger partial charge < -0.3 is 20.3 Å². The van der Waals surface area contributed by atoms with Gasteiger partial charge in [0.1, 0.15) is 12.4 Å². The fourth-order valence-corrected chi connectivity index (χ4v) is 6.58. The van der Waals surface area contributed by atoms with Gasteiger partial charge in [0.15, 0.2) is 5.82 Å². The second kappa shape index (κ2) is 33.6. The molecule has 280 valence electrons. The molecular weight excluding hydrogens is 594 g/mol. The number of nitrogens with zero attached hydrogens (tertiary/aromatic N) is 3. The van der Waals surface area contributed by atoms with Gasteiger partial charge in [-0.15, -0.1) is 0 Å². The number of nitrogens with one attached hydrogen (secondary N) is 2. The lowest BCUT2D eigenvalue weighted by Gasteiger charge is -2.23. The highest BCUT2D eigenvalue weighted by molar-refractivity contribution is 5.69. The Morgan fingerprint density at radius 2 is 1.15 bits per heavy atom. The molecule has 2 N–H and O–H groups in total. The van der Waals surface area contributed by atoms with E-state index in [1.807, 2.05) is 13.2 Å². The third kappa shape index (κ3) is 26.0. The van der Waals surface area contributed by atoms with Crippen LogP contribution in [0.5, 0.6) is 0 Å². The topological polar surface area (TPSA) is 79.4 Å². The van der Waals surface area contributed by atoms with Crippen molar-refractivity contribution in [3.05, 3.63) is 12.5 Å². The van der Waals surface area contributed by atoms with Crippen LogP contribution in [0.15, 0.2) is 12.5 Å². The van der Waals surface area contributed by atoms with Gasteiger partial charge in [0, 0.05) is 20.0 Å². The van der Waals surface area contributed by atoms with Crippen LogP contribution in [0.3, 0.4) is 0 Å². The van der Waals surface area contributed by atoms with Crippen LogP contribution in [0, 0.1) is 0 Å². The molecule has 0 saturated heterocycles. The van der Waals surface area contributed by atoms with Gasteiger partial charge in [0.2, 0.25) is 0 Å². The maximum absolute atomic E-state index is 12.8. The Bertz CT molecular complexity index is 823. The van der Waals surface area contributed by atoms with Crippen LogP contribution in [-0.2, 0) is 9.53 Å². The molecule has 0 radical (unpaired) electrons. The number of carbonyl (C=O) groups is 1. The summed E-state index contributed by atoms with van der Waals surface area (Å²) in [5.41, 5.74) is 0.970. The molecule has 0 amide bonds. The Morgan fingerprint density at radius 1 is 0.667 bits per heavy atom. The second-order valence-electron chi connectivity index (χ2n) is 14.2. The minimum atomic E-state index is 0.0413. The van der Waals surface area contributed by atoms with Crippen LogP contribution in [0.4, 0.5) is 11.5 Å². The minimum absolute atomic E-state index is 0.0413. The van der Waals surface area contributed by atoms with E-state index in [0.717, 1.165) is 56.7 Å². The minimum Gasteiger partial charge on any atom is -0.462 e. The zero-order valence-electron chi connectivity index (χ0n) is 32.3. The molecule has 0 aliphatic carbocycles. The lowest BCUT2D eigenvalue weighted by Crippen LogP contribution is -2.28. The first kappa shape index (κ1) is 44.1. The van der Waals surface area contributed by atoms with Gasteiger partial charge in [-0.25, -0.2) is 9.97 Å². The first-order chi connectivity index (χ1) is 23.6. The van der Waals surface area contributed by atoms with Crippen molar-refractivity contribution < 1.29 is 9.53 Å². The predicted octanol–water partition coefficient (Wildman–Crippen LogP) is 11.7. The molecule has 48 heavy (non-hydrogen) atoms. The highest BCUT2D eigenvalue weighted by Gasteiger charge is 2.14. The van der Waals surface area contributed by atoms with E-state index in [1.54, 1.807) is 6.33 Å². The average Bonchev–Trinajstić information content (AvgIpc) is 3.10. The number of hydrogen-bond donors (Lipinski definition) is 2. The Morgan fingerprint density at radius 3 is 1.69 bits per heavy atom. The van der Waals surface area contributed by atoms with Crippen molar-refractivity contribution in [1.82, 2.24) is 14.9 Å². The van der Waals surface area contributed by atoms with E-state index in [1.165, 1.54) is 148 Å². The van der Waals surface area contributed by atoms with Crippen LogP contribution < -0.4 is 10.6 Å². The number of anilines is 2. The highest BCUT2D eigenvalue weighted by atomic mass is 16.5. The van der Waals surface area contributed by atoms with Gasteiger partial charge in [0.25, 0.3) is 0 Å². The molecule has 0 spiro atoms. The predicted molar refractivity (Wildman–Crippen MR) is 208 cm³/mol. The average molecular weight is 674 g/mol. The number of ether oxygens (including phenoxy) is 1. The van der Waals surface area contributed by atoms with Crippen LogP contribution in [0.25, 0.3) is 0 Å². The van der Waals surface area contributed by atoms with E-state index in [4.69, 9.17) is 4.74 Å². The number of unbranched alkanes of at least 4 members (excludes halogenated alkanes) is 19. The first-order valence-corrected chi connectivity index (χ1v) is 20.8. The lowest BCUT2D eigenvalue weighted by molar-refractivity contribution is -0.150. The summed E-state index contributed by atoms with van der Waals surface area (Å²) >= 11 is 0. The molecular formula is C41H79N5O2. The fourth-order valence-electron chi connectivity index (χ4n) is 6.58. The number of hydrogen-bond acceptors (Lipinski definition) is 7. The van der Waals surface area contributed by atoms with Crippen molar-refractivity contribution in [1.29, 1.82) is 0 Å². The highest BCUT2D eigenvalue weighted by Crippen LogP contribution is 2.19. The van der Waals surface area contributed by atoms with Gasteiger partial charge in [-0.1, -0.05) is 136 Å². The number of rotatable bonds is 36. The summed E-state index contributed by atoms with van der Waals surface area (Å²) < 4.78 is 6.06. The molecule has 0 fully saturated rings. The molecule has 1 rings (SSSR count). The third-order valence-corrected chi connectivity index (χ3v) is 9.66. The summed E-state index contributed by atoms with van der Waals surface area (Å²) in [6, 6.07) is 0. The summed E-state index contributed by atoms with van der Waals surface area (Å²) in [6.45, 7) is 11.2. The van der Waals surface area contributed by atoms with Gasteiger partial charge >= 0.3 is 5.97 Å². The van der Waals surface area contributed by atoms with E-state index in [9.17, 15) is 4.79 Å². The van der Waals surface area contributed by atoms with Gasteiger partial charge in [0.05, 0.1) is 11.9 Å². The van der Waals surface area contributed by atoms with Crippen LogP contribution in [0.1, 0.15) is 194 Å². The first-order valence-electron chi connectivity index (χ1n) is 20.8. The SMILES string of the molecule is CCCCCCCCC(CCCCCCCC)OC(=O)CCCCCCCN(CCCCCCCC)CCCNc1cncnc1NC. The molecule has 1 aromatic heterocycles. The Hall–Kier alpha value is -1.89. The van der Waals surface area contributed by atoms with Crippen LogP contribution in [0.2, 0.25) is 0 Å². The van der Waals surface area contributed by atoms with Gasteiger partial charge in [-0.05, 0) is 71.0 Å². The van der Waals surface area contributed by atoms with Gasteiger partial charge in [-0.3, -0.25) is 4.79 Å². The molecule has 0 bridgehead atoms. The van der Waals surface area contributed by atoms with E-state index >= 15 is 0 Å². The molecule has 1 heterocycles. The Balaban J connectivity index is 2.33. The Kier molecular flexibility index (Phi) is 30.9. The summed E-state index contributed by atoms with van der Waals surface area (Å²) in [5, 5.41) is 6.64. The fraction of sp³-hybridized carbons (Fsp3) is 0.878. The van der Waals surface area contributed by atoms with Crippen molar-refractivity contribution >= 4 is 17.5 Å². The standard InChI is InChI=1S/C41H79N5O2/c1-5-8-11-14-18-23-29-38(30-24-19-15-12-9-6-2)48-40(47)31-25-20-17-22-27-34-46(33-26-21-16-13-10-7-3)35-28-32-44-39-36-43-37-45-41(39)42-4/h36-38,44H,5-35H2,1-4H3,(H,42,43,45). The number of carbonyl (C=O) groups excluding carboxylic acids is 1. The van der Waals surface area contributed by atoms with E-state index < -0.39 is 0 Å². The molecule has 1 aromatic rings. The maximum Gasteiger partial charge on any atom is 0.306 e. The second-order valence-corrected chi connectivity index (χ2v) is 14.2. The summed E-state index contributed by atoms with van der Waals surface area (Å²) in [5.74, 6) is 0.892. The molecule has 0 atom stereocenters. The van der Waals surface area contributed by atoms with Crippen molar-refractivity contribution in [3.8, 4) is 0 Å². The lowest BCUT2D eigenvalue weighted by atomic mass is 10.0. The molecule has 0 aliphatic heterocycles. The third-order valence-electron chi connectivity index (χ3n) is 9.66. The molecule has 0 saturated carbocycles.